The molecule has 1 aromatic rings. The molecule has 0 radical (unpaired) electrons. The highest BCUT2D eigenvalue weighted by atomic mass is 35.5. The molecule has 2 rings (SSSR count). The van der Waals surface area contributed by atoms with Gasteiger partial charge in [-0.2, -0.15) is 0 Å². The monoisotopic (exact) mass is 337 g/mol. The van der Waals surface area contributed by atoms with E-state index in [1.807, 2.05) is 6.07 Å². The number of nitrogens with one attached hydrogen (secondary N) is 2. The Hall–Kier alpha value is -2.38. The number of amidine groups is 1. The third-order valence-corrected chi connectivity index (χ3v) is 3.31. The number of carbonyl (C=O) groups is 2. The van der Waals surface area contributed by atoms with E-state index in [9.17, 15) is 9.59 Å². The zero-order valence-electron chi connectivity index (χ0n) is 12.6. The van der Waals surface area contributed by atoms with E-state index in [0.29, 0.717) is 5.69 Å². The fraction of sp³-hybridized carbons (Fsp3) is 0.267. The van der Waals surface area contributed by atoms with Gasteiger partial charge in [-0.15, -0.1) is 0 Å². The first-order valence-corrected chi connectivity index (χ1v) is 7.09. The van der Waals surface area contributed by atoms with E-state index in [1.165, 1.54) is 20.3 Å². The van der Waals surface area contributed by atoms with Gasteiger partial charge in [-0.3, -0.25) is 9.59 Å². The Balaban J connectivity index is 2.04. The van der Waals surface area contributed by atoms with Gasteiger partial charge < -0.3 is 20.1 Å². The van der Waals surface area contributed by atoms with Crippen molar-refractivity contribution in [3.05, 3.63) is 42.3 Å². The molecule has 7 nitrogen and oxygen atoms in total. The number of carbonyl (C=O) groups excluding carboxylic acids is 2. The van der Waals surface area contributed by atoms with Gasteiger partial charge in [0, 0.05) is 18.9 Å². The normalized spacial score (nSPS) is 20.0. The fourth-order valence-electron chi connectivity index (χ4n) is 1.83. The second-order valence-electron chi connectivity index (χ2n) is 4.63. The van der Waals surface area contributed by atoms with Gasteiger partial charge in [0.1, 0.15) is 0 Å². The summed E-state index contributed by atoms with van der Waals surface area (Å²) < 4.78 is 10.0. The molecule has 1 heterocycles. The third kappa shape index (κ3) is 4.54. The third-order valence-electron chi connectivity index (χ3n) is 2.96. The van der Waals surface area contributed by atoms with Gasteiger partial charge in [0.15, 0.2) is 11.7 Å². The lowest BCUT2D eigenvalue weighted by Crippen LogP contribution is -2.41. The topological polar surface area (TPSA) is 89.0 Å². The molecular weight excluding hydrogens is 322 g/mol. The van der Waals surface area contributed by atoms with E-state index >= 15 is 0 Å². The molecule has 23 heavy (non-hydrogen) atoms. The maximum absolute atomic E-state index is 12.2. The molecule has 2 N–H and O–H groups in total. The first-order chi connectivity index (χ1) is 11.0. The molecule has 0 aliphatic carbocycles. The lowest BCUT2D eigenvalue weighted by Gasteiger charge is -2.25. The van der Waals surface area contributed by atoms with Crippen molar-refractivity contribution in [3.63, 3.8) is 0 Å². The molecule has 1 unspecified atom stereocenters. The van der Waals surface area contributed by atoms with Crippen LogP contribution in [0.25, 0.3) is 0 Å². The number of alkyl halides is 1. The number of anilines is 1. The predicted octanol–water partition coefficient (Wildman–Crippen LogP) is 1.61. The number of para-hydroxylation sites is 1. The van der Waals surface area contributed by atoms with E-state index in [-0.39, 0.29) is 11.7 Å². The summed E-state index contributed by atoms with van der Waals surface area (Å²) in [7, 11) is 2.75. The van der Waals surface area contributed by atoms with Gasteiger partial charge in [0.2, 0.25) is 11.7 Å². The average molecular weight is 338 g/mol. The highest BCUT2D eigenvalue weighted by molar-refractivity contribution is 6.43. The van der Waals surface area contributed by atoms with Crippen molar-refractivity contribution in [2.45, 2.75) is 11.6 Å². The van der Waals surface area contributed by atoms with Gasteiger partial charge in [-0.05, 0) is 12.1 Å². The minimum Gasteiger partial charge on any atom is -0.482 e. The molecule has 0 fully saturated rings. The van der Waals surface area contributed by atoms with Crippen molar-refractivity contribution in [2.24, 2.45) is 4.99 Å². The molecule has 1 atom stereocenters. The fourth-order valence-corrected chi connectivity index (χ4v) is 2.01. The second-order valence-corrected chi connectivity index (χ2v) is 5.17. The number of Topliss-reactive ketones (excluding diaryl/α,β-unsaturated/α-hetero) is 1. The molecule has 1 aromatic carbocycles. The lowest BCUT2D eigenvalue weighted by molar-refractivity contribution is -0.122. The number of rotatable bonds is 6. The Morgan fingerprint density at radius 3 is 2.61 bits per heavy atom. The van der Waals surface area contributed by atoms with Crippen LogP contribution in [0.5, 0.6) is 0 Å². The molecule has 0 saturated carbocycles. The number of nitrogens with zero attached hydrogens (tertiary/aromatic N) is 1. The number of hydrogen-bond donors (Lipinski definition) is 2. The molecule has 0 aromatic heterocycles. The van der Waals surface area contributed by atoms with Crippen molar-refractivity contribution < 1.29 is 19.1 Å². The molecule has 1 aliphatic heterocycles. The first kappa shape index (κ1) is 17.0. The van der Waals surface area contributed by atoms with Crippen LogP contribution in [0.15, 0.2) is 47.3 Å². The average Bonchev–Trinajstić information content (AvgIpc) is 2.55. The van der Waals surface area contributed by atoms with E-state index in [4.69, 9.17) is 21.1 Å². The highest BCUT2D eigenvalue weighted by Crippen LogP contribution is 2.24. The van der Waals surface area contributed by atoms with Gasteiger partial charge in [0.25, 0.3) is 5.18 Å². The molecule has 122 valence electrons. The lowest BCUT2D eigenvalue weighted by atomic mass is 10.2. The largest absolute Gasteiger partial charge is 0.482 e. The summed E-state index contributed by atoms with van der Waals surface area (Å²) in [6.07, 6.45) is 0.976. The Kier molecular flexibility index (Phi) is 5.36. The van der Waals surface area contributed by atoms with E-state index in [0.717, 1.165) is 0 Å². The van der Waals surface area contributed by atoms with Gasteiger partial charge >= 0.3 is 0 Å². The van der Waals surface area contributed by atoms with Gasteiger partial charge in [-0.1, -0.05) is 29.8 Å². The maximum atomic E-state index is 12.2. The molecule has 0 spiro atoms. The van der Waals surface area contributed by atoms with Gasteiger partial charge in [0.05, 0.1) is 13.5 Å². The molecule has 0 bridgehead atoms. The van der Waals surface area contributed by atoms with Crippen molar-refractivity contribution in [1.82, 2.24) is 5.32 Å². The van der Waals surface area contributed by atoms with E-state index in [2.05, 4.69) is 15.6 Å². The standard InChI is InChI=1S/C15H16ClN3O4/c1-22-13-9-15(16,23-2)19-14(18-13)11(20)8-12(21)17-10-6-4-3-5-7-10/h3-7,9H,8H2,1-2H3,(H,17,21)(H,18,19). The number of ether oxygens (including phenoxy) is 2. The predicted molar refractivity (Wildman–Crippen MR) is 86.0 cm³/mol. The van der Waals surface area contributed by atoms with Crippen molar-refractivity contribution in [2.75, 3.05) is 19.5 Å². The summed E-state index contributed by atoms with van der Waals surface area (Å²) >= 11 is 6.08. The molecule has 8 heteroatoms. The Morgan fingerprint density at radius 2 is 2.00 bits per heavy atom. The summed E-state index contributed by atoms with van der Waals surface area (Å²) in [5.74, 6) is -0.895. The van der Waals surface area contributed by atoms with Crippen LogP contribution in [-0.2, 0) is 19.1 Å². The highest BCUT2D eigenvalue weighted by Gasteiger charge is 2.32. The number of benzene rings is 1. The summed E-state index contributed by atoms with van der Waals surface area (Å²) in [6.45, 7) is 0. The Labute approximate surface area is 138 Å². The van der Waals surface area contributed by atoms with E-state index in [1.54, 1.807) is 24.3 Å². The Bertz CT molecular complexity index is 660. The minimum atomic E-state index is -1.54. The molecule has 0 saturated heterocycles. The quantitative estimate of drug-likeness (QED) is 0.468. The Morgan fingerprint density at radius 1 is 1.30 bits per heavy atom. The number of halogens is 1. The number of ketones is 1. The zero-order valence-corrected chi connectivity index (χ0v) is 13.4. The smallest absolute Gasteiger partial charge is 0.264 e. The van der Waals surface area contributed by atoms with Crippen LogP contribution in [0.2, 0.25) is 0 Å². The zero-order chi connectivity index (χ0) is 16.9. The SMILES string of the molecule is COC1=CC(Cl)(OC)N=C(C(=O)CC(=O)Nc2ccccc2)N1. The summed E-state index contributed by atoms with van der Waals surface area (Å²) in [6, 6.07) is 8.82. The summed E-state index contributed by atoms with van der Waals surface area (Å²) in [5.41, 5.74) is 0.602. The number of aliphatic imine (C=N–C) groups is 1. The van der Waals surface area contributed by atoms with Crippen LogP contribution in [0.1, 0.15) is 6.42 Å². The van der Waals surface area contributed by atoms with Crippen LogP contribution in [0, 0.1) is 0 Å². The van der Waals surface area contributed by atoms with E-state index < -0.39 is 23.3 Å². The number of methoxy groups -OCH3 is 2. The minimum absolute atomic E-state index is 0.107. The van der Waals surface area contributed by atoms with Crippen LogP contribution in [0.4, 0.5) is 5.69 Å². The number of amides is 1. The van der Waals surface area contributed by atoms with Crippen LogP contribution >= 0.6 is 11.6 Å². The second kappa shape index (κ2) is 7.26. The van der Waals surface area contributed by atoms with Gasteiger partial charge in [-0.25, -0.2) is 4.99 Å². The summed E-state index contributed by atoms with van der Waals surface area (Å²) in [5, 5.41) is 3.73. The molecular formula is C15H16ClN3O4. The summed E-state index contributed by atoms with van der Waals surface area (Å²) in [4.78, 5) is 28.1. The van der Waals surface area contributed by atoms with Crippen LogP contribution in [-0.4, -0.2) is 36.9 Å². The maximum Gasteiger partial charge on any atom is 0.264 e. The molecule has 1 amide bonds. The van der Waals surface area contributed by atoms with Crippen LogP contribution < -0.4 is 10.6 Å². The van der Waals surface area contributed by atoms with Crippen molar-refractivity contribution in [1.29, 1.82) is 0 Å². The first-order valence-electron chi connectivity index (χ1n) is 6.71. The van der Waals surface area contributed by atoms with Crippen molar-refractivity contribution in [3.8, 4) is 0 Å². The number of hydrogen-bond acceptors (Lipinski definition) is 6. The van der Waals surface area contributed by atoms with Crippen molar-refractivity contribution >= 4 is 34.8 Å². The molecule has 1 aliphatic rings. The van der Waals surface area contributed by atoms with Crippen LogP contribution in [0.3, 0.4) is 0 Å².